The molecule has 2 unspecified atom stereocenters. The molecular weight excluding hydrogens is 374 g/mol. The van der Waals surface area contributed by atoms with Crippen molar-refractivity contribution in [1.29, 1.82) is 0 Å². The second kappa shape index (κ2) is 9.11. The van der Waals surface area contributed by atoms with Crippen LogP contribution >= 0.6 is 11.6 Å². The fourth-order valence-electron chi connectivity index (χ4n) is 3.37. The lowest BCUT2D eigenvalue weighted by molar-refractivity contribution is -0.115. The molecule has 2 aromatic rings. The average Bonchev–Trinajstić information content (AvgIpc) is 3.23. The van der Waals surface area contributed by atoms with Crippen molar-refractivity contribution in [2.45, 2.75) is 38.1 Å². The maximum atomic E-state index is 13.1. The van der Waals surface area contributed by atoms with Crippen molar-refractivity contribution in [2.24, 2.45) is 0 Å². The summed E-state index contributed by atoms with van der Waals surface area (Å²) in [5.74, 6) is -0.451. The van der Waals surface area contributed by atoms with Gasteiger partial charge in [0.1, 0.15) is 5.38 Å². The van der Waals surface area contributed by atoms with Crippen LogP contribution in [0.2, 0.25) is 0 Å². The molecule has 28 heavy (non-hydrogen) atoms. The number of rotatable bonds is 6. The third kappa shape index (κ3) is 4.84. The quantitative estimate of drug-likeness (QED) is 0.710. The fourth-order valence-corrected chi connectivity index (χ4v) is 3.43. The van der Waals surface area contributed by atoms with Crippen molar-refractivity contribution in [1.82, 2.24) is 5.32 Å². The highest BCUT2D eigenvalue weighted by atomic mass is 35.5. The molecule has 2 aromatic carbocycles. The summed E-state index contributed by atoms with van der Waals surface area (Å²) in [6, 6.07) is 15.2. The van der Waals surface area contributed by atoms with Gasteiger partial charge in [-0.25, -0.2) is 0 Å². The average molecular weight is 400 g/mol. The van der Waals surface area contributed by atoms with E-state index < -0.39 is 5.38 Å². The number of carbonyl (C=O) groups is 2. The number of benzene rings is 2. The molecule has 3 rings (SSSR count). The number of anilines is 2. The molecular formula is C22H26ClN3O2. The SMILES string of the molecule is CC(Cl)C(=O)Nc1ccc(N2CCCC2)c(C(=O)NC(C)c2ccccc2)c1. The number of nitrogens with one attached hydrogen (secondary N) is 2. The first-order valence-corrected chi connectivity index (χ1v) is 10.1. The van der Waals surface area contributed by atoms with Crippen LogP contribution in [0.25, 0.3) is 0 Å². The van der Waals surface area contributed by atoms with Crippen molar-refractivity contribution in [2.75, 3.05) is 23.3 Å². The van der Waals surface area contributed by atoms with Crippen LogP contribution in [-0.2, 0) is 4.79 Å². The fraction of sp³-hybridized carbons (Fsp3) is 0.364. The molecule has 5 nitrogen and oxygen atoms in total. The summed E-state index contributed by atoms with van der Waals surface area (Å²) in [5.41, 5.74) is 3.06. The van der Waals surface area contributed by atoms with Crippen LogP contribution in [0.1, 0.15) is 48.7 Å². The highest BCUT2D eigenvalue weighted by molar-refractivity contribution is 6.32. The summed E-state index contributed by atoms with van der Waals surface area (Å²) in [6.45, 7) is 5.44. The number of halogens is 1. The number of nitrogens with zero attached hydrogens (tertiary/aromatic N) is 1. The lowest BCUT2D eigenvalue weighted by Gasteiger charge is -2.23. The molecule has 0 saturated carbocycles. The number of hydrogen-bond acceptors (Lipinski definition) is 3. The zero-order valence-electron chi connectivity index (χ0n) is 16.2. The van der Waals surface area contributed by atoms with Crippen LogP contribution in [0.5, 0.6) is 0 Å². The molecule has 1 aliphatic rings. The lowest BCUT2D eigenvalue weighted by atomic mass is 10.1. The summed E-state index contributed by atoms with van der Waals surface area (Å²) >= 11 is 5.85. The number of carbonyl (C=O) groups excluding carboxylic acids is 2. The van der Waals surface area contributed by atoms with Gasteiger partial charge in [-0.15, -0.1) is 11.6 Å². The highest BCUT2D eigenvalue weighted by Gasteiger charge is 2.22. The maximum Gasteiger partial charge on any atom is 0.253 e. The Balaban J connectivity index is 1.86. The minimum atomic E-state index is -0.645. The summed E-state index contributed by atoms with van der Waals surface area (Å²) < 4.78 is 0. The lowest BCUT2D eigenvalue weighted by Crippen LogP contribution is -2.30. The van der Waals surface area contributed by atoms with Crippen molar-refractivity contribution in [3.05, 3.63) is 59.7 Å². The molecule has 1 fully saturated rings. The Morgan fingerprint density at radius 1 is 1.04 bits per heavy atom. The second-order valence-electron chi connectivity index (χ2n) is 7.14. The molecule has 1 heterocycles. The van der Waals surface area contributed by atoms with E-state index in [0.717, 1.165) is 37.2 Å². The van der Waals surface area contributed by atoms with E-state index in [0.29, 0.717) is 11.3 Å². The Hall–Kier alpha value is -2.53. The monoisotopic (exact) mass is 399 g/mol. The van der Waals surface area contributed by atoms with E-state index in [-0.39, 0.29) is 17.9 Å². The normalized spacial score (nSPS) is 15.8. The van der Waals surface area contributed by atoms with E-state index in [2.05, 4.69) is 15.5 Å². The molecule has 2 amide bonds. The molecule has 0 aromatic heterocycles. The summed E-state index contributed by atoms with van der Waals surface area (Å²) in [6.07, 6.45) is 2.23. The Bertz CT molecular complexity index is 833. The topological polar surface area (TPSA) is 61.4 Å². The second-order valence-corrected chi connectivity index (χ2v) is 7.79. The first-order chi connectivity index (χ1) is 13.5. The smallest absolute Gasteiger partial charge is 0.253 e. The molecule has 6 heteroatoms. The van der Waals surface area contributed by atoms with Crippen LogP contribution in [0.4, 0.5) is 11.4 Å². The van der Waals surface area contributed by atoms with E-state index in [9.17, 15) is 9.59 Å². The van der Waals surface area contributed by atoms with Gasteiger partial charge in [-0.2, -0.15) is 0 Å². The van der Waals surface area contributed by atoms with Gasteiger partial charge in [-0.05, 0) is 50.5 Å². The van der Waals surface area contributed by atoms with Gasteiger partial charge in [0.05, 0.1) is 11.6 Å². The number of amides is 2. The first kappa shape index (κ1) is 20.2. The zero-order chi connectivity index (χ0) is 20.1. The Morgan fingerprint density at radius 2 is 1.71 bits per heavy atom. The third-order valence-corrected chi connectivity index (χ3v) is 5.16. The molecule has 1 saturated heterocycles. The minimum Gasteiger partial charge on any atom is -0.371 e. The van der Waals surface area contributed by atoms with E-state index in [1.54, 1.807) is 13.0 Å². The third-order valence-electron chi connectivity index (χ3n) is 4.96. The molecule has 148 valence electrons. The predicted octanol–water partition coefficient (Wildman–Crippen LogP) is 4.34. The Kier molecular flexibility index (Phi) is 6.57. The van der Waals surface area contributed by atoms with Crippen LogP contribution in [0, 0.1) is 0 Å². The molecule has 0 aliphatic carbocycles. The highest BCUT2D eigenvalue weighted by Crippen LogP contribution is 2.28. The van der Waals surface area contributed by atoms with E-state index in [1.165, 1.54) is 0 Å². The van der Waals surface area contributed by atoms with Gasteiger partial charge in [0.2, 0.25) is 5.91 Å². The van der Waals surface area contributed by atoms with Gasteiger partial charge in [0.25, 0.3) is 5.91 Å². The van der Waals surface area contributed by atoms with Crippen molar-refractivity contribution in [3.8, 4) is 0 Å². The van der Waals surface area contributed by atoms with Crippen molar-refractivity contribution < 1.29 is 9.59 Å². The minimum absolute atomic E-state index is 0.124. The standard InChI is InChI=1S/C22H26ClN3O2/c1-15(23)21(27)25-18-10-11-20(26-12-6-7-13-26)19(14-18)22(28)24-16(2)17-8-4-3-5-9-17/h3-5,8-11,14-16H,6-7,12-13H2,1-2H3,(H,24,28)(H,25,27). The molecule has 2 atom stereocenters. The van der Waals surface area contributed by atoms with Crippen molar-refractivity contribution >= 4 is 34.8 Å². The van der Waals surface area contributed by atoms with Crippen LogP contribution in [0.3, 0.4) is 0 Å². The van der Waals surface area contributed by atoms with Gasteiger partial charge in [-0.1, -0.05) is 30.3 Å². The Labute approximate surface area is 171 Å². The first-order valence-electron chi connectivity index (χ1n) is 9.65. The molecule has 1 aliphatic heterocycles. The number of alkyl halides is 1. The van der Waals surface area contributed by atoms with Crippen LogP contribution < -0.4 is 15.5 Å². The van der Waals surface area contributed by atoms with E-state index in [1.807, 2.05) is 49.4 Å². The van der Waals surface area contributed by atoms with Gasteiger partial charge in [0, 0.05) is 24.5 Å². The Morgan fingerprint density at radius 3 is 2.36 bits per heavy atom. The van der Waals surface area contributed by atoms with Gasteiger partial charge in [0.15, 0.2) is 0 Å². The van der Waals surface area contributed by atoms with Gasteiger partial charge in [-0.3, -0.25) is 9.59 Å². The van der Waals surface area contributed by atoms with Gasteiger partial charge < -0.3 is 15.5 Å². The summed E-state index contributed by atoms with van der Waals surface area (Å²) in [4.78, 5) is 27.3. The van der Waals surface area contributed by atoms with Gasteiger partial charge >= 0.3 is 0 Å². The largest absolute Gasteiger partial charge is 0.371 e. The number of hydrogen-bond donors (Lipinski definition) is 2. The molecule has 0 bridgehead atoms. The van der Waals surface area contributed by atoms with Crippen LogP contribution in [-0.4, -0.2) is 30.3 Å². The maximum absolute atomic E-state index is 13.1. The zero-order valence-corrected chi connectivity index (χ0v) is 17.0. The summed E-state index contributed by atoms with van der Waals surface area (Å²) in [5, 5.41) is 5.20. The van der Waals surface area contributed by atoms with E-state index in [4.69, 9.17) is 11.6 Å². The molecule has 2 N–H and O–H groups in total. The predicted molar refractivity (Wildman–Crippen MR) is 114 cm³/mol. The van der Waals surface area contributed by atoms with Crippen molar-refractivity contribution in [3.63, 3.8) is 0 Å². The summed E-state index contributed by atoms with van der Waals surface area (Å²) in [7, 11) is 0. The molecule has 0 radical (unpaired) electrons. The molecule has 0 spiro atoms. The van der Waals surface area contributed by atoms with Crippen LogP contribution in [0.15, 0.2) is 48.5 Å². The van der Waals surface area contributed by atoms with E-state index >= 15 is 0 Å².